The third kappa shape index (κ3) is 4.12. The molecule has 0 spiro atoms. The third-order valence-electron chi connectivity index (χ3n) is 5.41. The Morgan fingerprint density at radius 1 is 1.12 bits per heavy atom. The zero-order chi connectivity index (χ0) is 22.8. The van der Waals surface area contributed by atoms with Gasteiger partial charge in [-0.2, -0.15) is 0 Å². The second kappa shape index (κ2) is 8.70. The monoisotopic (exact) mass is 447 g/mol. The number of methoxy groups -OCH3 is 1. The van der Waals surface area contributed by atoms with Crippen LogP contribution >= 0.6 is 0 Å². The van der Waals surface area contributed by atoms with Gasteiger partial charge in [-0.05, 0) is 30.2 Å². The van der Waals surface area contributed by atoms with Gasteiger partial charge >= 0.3 is 5.97 Å². The van der Waals surface area contributed by atoms with Crippen LogP contribution in [0.4, 0.5) is 5.82 Å². The highest BCUT2D eigenvalue weighted by atomic mass is 16.6. The molecule has 2 aromatic carbocycles. The van der Waals surface area contributed by atoms with Gasteiger partial charge in [0.2, 0.25) is 0 Å². The molecular weight excluding hydrogens is 426 g/mol. The van der Waals surface area contributed by atoms with Crippen molar-refractivity contribution in [2.24, 2.45) is 0 Å². The van der Waals surface area contributed by atoms with Gasteiger partial charge in [-0.3, -0.25) is 0 Å². The molecule has 1 aliphatic heterocycles. The van der Waals surface area contributed by atoms with Crippen molar-refractivity contribution >= 4 is 22.8 Å². The summed E-state index contributed by atoms with van der Waals surface area (Å²) in [6.45, 7) is 1.68. The standard InChI is InChI=1S/C24H21N3O6/c1-30-19-11-22-21(31-6-7-32-22)9-15(19)4-5-25-23-10-18(26-13-27-23)14-2-3-16-17(24(28)29)12-33-20(16)8-14/h2-3,8-13H,4-7H2,1H3,(H,28,29)(H,25,26,27). The number of nitrogens with zero attached hydrogens (tertiary/aromatic N) is 2. The maximum Gasteiger partial charge on any atom is 0.339 e. The number of aromatic nitrogens is 2. The molecule has 33 heavy (non-hydrogen) atoms. The van der Waals surface area contributed by atoms with Crippen LogP contribution in [-0.2, 0) is 6.42 Å². The molecule has 0 saturated heterocycles. The van der Waals surface area contributed by atoms with Gasteiger partial charge < -0.3 is 29.1 Å². The summed E-state index contributed by atoms with van der Waals surface area (Å²) in [5, 5.41) is 13.1. The number of hydrogen-bond donors (Lipinski definition) is 2. The molecule has 1 aliphatic rings. The Labute approximate surface area is 188 Å². The summed E-state index contributed by atoms with van der Waals surface area (Å²) < 4.78 is 22.2. The van der Waals surface area contributed by atoms with Crippen LogP contribution in [-0.4, -0.2) is 47.9 Å². The summed E-state index contributed by atoms with van der Waals surface area (Å²) in [5.41, 5.74) is 3.12. The van der Waals surface area contributed by atoms with Gasteiger partial charge in [-0.1, -0.05) is 6.07 Å². The molecule has 0 saturated carbocycles. The van der Waals surface area contributed by atoms with E-state index in [0.29, 0.717) is 54.4 Å². The largest absolute Gasteiger partial charge is 0.496 e. The second-order valence-corrected chi connectivity index (χ2v) is 7.44. The van der Waals surface area contributed by atoms with Gasteiger partial charge in [0.05, 0.1) is 12.8 Å². The van der Waals surface area contributed by atoms with E-state index in [-0.39, 0.29) is 5.56 Å². The molecule has 4 aromatic rings. The van der Waals surface area contributed by atoms with E-state index in [4.69, 9.17) is 18.6 Å². The van der Waals surface area contributed by atoms with Crippen molar-refractivity contribution in [3.05, 3.63) is 60.1 Å². The first-order valence-electron chi connectivity index (χ1n) is 10.4. The molecule has 0 bridgehead atoms. The van der Waals surface area contributed by atoms with E-state index in [1.54, 1.807) is 19.2 Å². The average molecular weight is 447 g/mol. The number of hydrogen-bond acceptors (Lipinski definition) is 8. The molecule has 5 rings (SSSR count). The van der Waals surface area contributed by atoms with Crippen LogP contribution in [0.15, 0.2) is 53.4 Å². The molecular formula is C24H21N3O6. The maximum absolute atomic E-state index is 11.3. The summed E-state index contributed by atoms with van der Waals surface area (Å²) in [6.07, 6.45) is 3.42. The molecule has 2 aromatic heterocycles. The second-order valence-electron chi connectivity index (χ2n) is 7.44. The maximum atomic E-state index is 11.3. The quantitative estimate of drug-likeness (QED) is 0.433. The Morgan fingerprint density at radius 3 is 2.73 bits per heavy atom. The number of carbonyl (C=O) groups is 1. The highest BCUT2D eigenvalue weighted by Gasteiger charge is 2.17. The minimum absolute atomic E-state index is 0.135. The van der Waals surface area contributed by atoms with Crippen molar-refractivity contribution < 1.29 is 28.5 Å². The van der Waals surface area contributed by atoms with E-state index in [1.165, 1.54) is 12.6 Å². The van der Waals surface area contributed by atoms with E-state index in [2.05, 4.69) is 15.3 Å². The fraction of sp³-hybridized carbons (Fsp3) is 0.208. The van der Waals surface area contributed by atoms with Crippen molar-refractivity contribution in [2.45, 2.75) is 6.42 Å². The number of anilines is 1. The zero-order valence-corrected chi connectivity index (χ0v) is 17.8. The van der Waals surface area contributed by atoms with Gasteiger partial charge in [0.15, 0.2) is 11.5 Å². The Balaban J connectivity index is 1.30. The topological polar surface area (TPSA) is 116 Å². The average Bonchev–Trinajstić information content (AvgIpc) is 3.27. The first kappa shape index (κ1) is 20.6. The molecule has 0 atom stereocenters. The van der Waals surface area contributed by atoms with Crippen LogP contribution in [0.25, 0.3) is 22.2 Å². The number of nitrogens with one attached hydrogen (secondary N) is 1. The fourth-order valence-corrected chi connectivity index (χ4v) is 3.79. The smallest absolute Gasteiger partial charge is 0.339 e. The lowest BCUT2D eigenvalue weighted by atomic mass is 10.1. The molecule has 0 aliphatic carbocycles. The van der Waals surface area contributed by atoms with Gasteiger partial charge in [0.25, 0.3) is 0 Å². The van der Waals surface area contributed by atoms with Gasteiger partial charge in [-0.15, -0.1) is 0 Å². The predicted octanol–water partition coefficient (Wildman–Crippen LogP) is 4.02. The van der Waals surface area contributed by atoms with Crippen LogP contribution in [0.3, 0.4) is 0 Å². The van der Waals surface area contributed by atoms with Crippen molar-refractivity contribution in [3.63, 3.8) is 0 Å². The lowest BCUT2D eigenvalue weighted by Gasteiger charge is -2.20. The number of carboxylic acid groups (broad SMARTS) is 1. The number of furan rings is 1. The number of aromatic carboxylic acids is 1. The van der Waals surface area contributed by atoms with Crippen molar-refractivity contribution in [3.8, 4) is 28.5 Å². The van der Waals surface area contributed by atoms with E-state index in [0.717, 1.165) is 22.6 Å². The molecule has 3 heterocycles. The Morgan fingerprint density at radius 2 is 1.94 bits per heavy atom. The van der Waals surface area contributed by atoms with Crippen LogP contribution in [0, 0.1) is 0 Å². The molecule has 2 N–H and O–H groups in total. The lowest BCUT2D eigenvalue weighted by Crippen LogP contribution is -2.16. The van der Waals surface area contributed by atoms with Crippen LogP contribution in [0.5, 0.6) is 17.2 Å². The van der Waals surface area contributed by atoms with Crippen LogP contribution in [0.1, 0.15) is 15.9 Å². The minimum Gasteiger partial charge on any atom is -0.496 e. The molecule has 0 amide bonds. The van der Waals surface area contributed by atoms with E-state index in [1.807, 2.05) is 24.3 Å². The van der Waals surface area contributed by atoms with Gasteiger partial charge in [0, 0.05) is 29.6 Å². The molecule has 0 radical (unpaired) electrons. The summed E-state index contributed by atoms with van der Waals surface area (Å²) in [6, 6.07) is 11.0. The van der Waals surface area contributed by atoms with Gasteiger partial charge in [-0.25, -0.2) is 14.8 Å². The van der Waals surface area contributed by atoms with Crippen molar-refractivity contribution in [2.75, 3.05) is 32.2 Å². The summed E-state index contributed by atoms with van der Waals surface area (Å²) in [7, 11) is 1.63. The normalized spacial score (nSPS) is 12.5. The molecule has 9 nitrogen and oxygen atoms in total. The number of fused-ring (bicyclic) bond motifs is 2. The molecule has 0 unspecified atom stereocenters. The first-order chi connectivity index (χ1) is 16.1. The highest BCUT2D eigenvalue weighted by molar-refractivity contribution is 6.02. The highest BCUT2D eigenvalue weighted by Crippen LogP contribution is 2.37. The van der Waals surface area contributed by atoms with Gasteiger partial charge in [0.1, 0.15) is 48.5 Å². The zero-order valence-electron chi connectivity index (χ0n) is 17.8. The third-order valence-corrected chi connectivity index (χ3v) is 5.41. The number of carboxylic acids is 1. The van der Waals surface area contributed by atoms with Crippen molar-refractivity contribution in [1.29, 1.82) is 0 Å². The molecule has 168 valence electrons. The number of benzene rings is 2. The first-order valence-corrected chi connectivity index (χ1v) is 10.4. The van der Waals surface area contributed by atoms with Crippen LogP contribution in [0.2, 0.25) is 0 Å². The SMILES string of the molecule is COc1cc2c(cc1CCNc1cc(-c3ccc4c(C(=O)O)coc4c3)ncn1)OCCO2. The van der Waals surface area contributed by atoms with E-state index < -0.39 is 5.97 Å². The predicted molar refractivity (Wildman–Crippen MR) is 120 cm³/mol. The summed E-state index contributed by atoms with van der Waals surface area (Å²) >= 11 is 0. The van der Waals surface area contributed by atoms with E-state index >= 15 is 0 Å². The van der Waals surface area contributed by atoms with Crippen molar-refractivity contribution in [1.82, 2.24) is 9.97 Å². The number of ether oxygens (including phenoxy) is 3. The molecule has 9 heteroatoms. The Hall–Kier alpha value is -4.27. The lowest BCUT2D eigenvalue weighted by molar-refractivity contribution is 0.0698. The summed E-state index contributed by atoms with van der Waals surface area (Å²) in [4.78, 5) is 19.9. The Bertz CT molecular complexity index is 1330. The molecule has 0 fully saturated rings. The fourth-order valence-electron chi connectivity index (χ4n) is 3.79. The summed E-state index contributed by atoms with van der Waals surface area (Å²) in [5.74, 6) is 1.81. The number of rotatable bonds is 7. The van der Waals surface area contributed by atoms with Crippen LogP contribution < -0.4 is 19.5 Å². The van der Waals surface area contributed by atoms with E-state index in [9.17, 15) is 9.90 Å². The minimum atomic E-state index is -1.02. The Kier molecular flexibility index (Phi) is 5.43.